The van der Waals surface area contributed by atoms with Gasteiger partial charge < -0.3 is 11.1 Å². The Balaban J connectivity index is 2.34. The zero-order valence-corrected chi connectivity index (χ0v) is 14.4. The zero-order chi connectivity index (χ0) is 15.0. The van der Waals surface area contributed by atoms with E-state index < -0.39 is 20.6 Å². The average molecular weight is 382 g/mol. The summed E-state index contributed by atoms with van der Waals surface area (Å²) in [4.78, 5) is 0. The number of nitrogens with one attached hydrogen (secondary N) is 1. The first kappa shape index (κ1) is 16.1. The number of nitrogens with two attached hydrogens (primary N) is 1. The normalized spacial score (nSPS) is 26.7. The summed E-state index contributed by atoms with van der Waals surface area (Å²) in [6.45, 7) is 0.276. The van der Waals surface area contributed by atoms with E-state index in [1.54, 1.807) is 6.07 Å². The molecule has 0 radical (unpaired) electrons. The van der Waals surface area contributed by atoms with E-state index in [0.717, 1.165) is 23.0 Å². The molecule has 4 nitrogen and oxygen atoms in total. The average Bonchev–Trinajstić information content (AvgIpc) is 2.78. The molecule has 3 N–H and O–H groups in total. The molecule has 1 aliphatic rings. The van der Waals surface area contributed by atoms with Crippen molar-refractivity contribution in [3.63, 3.8) is 0 Å². The van der Waals surface area contributed by atoms with Crippen molar-refractivity contribution in [1.29, 1.82) is 0 Å². The second-order valence-corrected chi connectivity index (χ2v) is 8.81. The highest BCUT2D eigenvalue weighted by atomic mass is 79.9. The Labute approximate surface area is 133 Å². The van der Waals surface area contributed by atoms with Crippen LogP contribution in [-0.4, -0.2) is 32.0 Å². The summed E-state index contributed by atoms with van der Waals surface area (Å²) in [5.41, 5.74) is 6.09. The third kappa shape index (κ3) is 3.13. The maximum atomic E-state index is 12.0. The lowest BCUT2D eigenvalue weighted by molar-refractivity contribution is 0.479. The van der Waals surface area contributed by atoms with Gasteiger partial charge >= 0.3 is 0 Å². The largest absolute Gasteiger partial charge is 0.377 e. The molecular weight excluding hydrogens is 364 g/mol. The Kier molecular flexibility index (Phi) is 4.69. The molecule has 2 atom stereocenters. The van der Waals surface area contributed by atoms with E-state index in [1.807, 2.05) is 12.1 Å². The summed E-state index contributed by atoms with van der Waals surface area (Å²) in [6, 6.07) is 5.48. The van der Waals surface area contributed by atoms with Crippen molar-refractivity contribution in [3.05, 3.63) is 27.7 Å². The molecule has 1 aliphatic carbocycles. The van der Waals surface area contributed by atoms with Crippen LogP contribution in [0.5, 0.6) is 0 Å². The van der Waals surface area contributed by atoms with Crippen LogP contribution in [0.3, 0.4) is 0 Å². The Morgan fingerprint density at radius 2 is 2.25 bits per heavy atom. The summed E-state index contributed by atoms with van der Waals surface area (Å²) >= 11 is 9.41. The quantitative estimate of drug-likeness (QED) is 0.841. The van der Waals surface area contributed by atoms with Gasteiger partial charge in [-0.3, -0.25) is 0 Å². The molecule has 20 heavy (non-hydrogen) atoms. The van der Waals surface area contributed by atoms with E-state index >= 15 is 0 Å². The summed E-state index contributed by atoms with van der Waals surface area (Å²) in [5, 5.41) is 3.44. The number of hydrogen-bond acceptors (Lipinski definition) is 4. The second-order valence-electron chi connectivity index (χ2n) is 5.32. The van der Waals surface area contributed by atoms with E-state index in [2.05, 4.69) is 21.2 Å². The van der Waals surface area contributed by atoms with Crippen LogP contribution in [0.1, 0.15) is 19.3 Å². The molecule has 0 heterocycles. The highest BCUT2D eigenvalue weighted by Gasteiger charge is 2.47. The topological polar surface area (TPSA) is 72.2 Å². The van der Waals surface area contributed by atoms with Crippen molar-refractivity contribution < 1.29 is 8.42 Å². The molecule has 1 aromatic carbocycles. The maximum Gasteiger partial charge on any atom is 0.152 e. The van der Waals surface area contributed by atoms with Crippen LogP contribution < -0.4 is 11.1 Å². The minimum atomic E-state index is -3.15. The smallest absolute Gasteiger partial charge is 0.152 e. The number of anilines is 1. The van der Waals surface area contributed by atoms with Gasteiger partial charge in [0.2, 0.25) is 0 Å². The van der Waals surface area contributed by atoms with Gasteiger partial charge in [-0.25, -0.2) is 8.42 Å². The molecule has 0 amide bonds. The van der Waals surface area contributed by atoms with Crippen LogP contribution in [-0.2, 0) is 9.84 Å². The summed E-state index contributed by atoms with van der Waals surface area (Å²) < 4.78 is 24.8. The number of hydrogen-bond donors (Lipinski definition) is 2. The molecular formula is C13H18BrClN2O2S. The third-order valence-electron chi connectivity index (χ3n) is 3.90. The van der Waals surface area contributed by atoms with Crippen LogP contribution in [0.4, 0.5) is 5.69 Å². The van der Waals surface area contributed by atoms with Gasteiger partial charge in [0.15, 0.2) is 9.84 Å². The van der Waals surface area contributed by atoms with E-state index in [4.69, 9.17) is 17.3 Å². The molecule has 2 rings (SSSR count). The van der Waals surface area contributed by atoms with Crippen LogP contribution in [0.15, 0.2) is 22.7 Å². The number of benzene rings is 1. The lowest BCUT2D eigenvalue weighted by Crippen LogP contribution is -2.54. The fraction of sp³-hybridized carbons (Fsp3) is 0.538. The first-order valence-corrected chi connectivity index (χ1v) is 9.53. The van der Waals surface area contributed by atoms with Gasteiger partial charge in [0, 0.05) is 23.0 Å². The summed E-state index contributed by atoms with van der Waals surface area (Å²) in [6.07, 6.45) is 3.53. The van der Waals surface area contributed by atoms with Crippen LogP contribution in [0.25, 0.3) is 0 Å². The lowest BCUT2D eigenvalue weighted by Gasteiger charge is -2.35. The molecule has 7 heteroatoms. The first-order valence-electron chi connectivity index (χ1n) is 6.41. The van der Waals surface area contributed by atoms with Crippen molar-refractivity contribution in [2.24, 2.45) is 5.73 Å². The molecule has 112 valence electrons. The van der Waals surface area contributed by atoms with Crippen LogP contribution >= 0.6 is 27.5 Å². The highest BCUT2D eigenvalue weighted by molar-refractivity contribution is 9.10. The zero-order valence-electron chi connectivity index (χ0n) is 11.2. The Bertz CT molecular complexity index is 608. The Morgan fingerprint density at radius 3 is 2.80 bits per heavy atom. The highest BCUT2D eigenvalue weighted by Crippen LogP contribution is 2.38. The first-order chi connectivity index (χ1) is 9.28. The van der Waals surface area contributed by atoms with Gasteiger partial charge in [-0.1, -0.05) is 11.6 Å². The van der Waals surface area contributed by atoms with E-state index in [-0.39, 0.29) is 6.54 Å². The molecule has 2 unspecified atom stereocenters. The van der Waals surface area contributed by atoms with Crippen molar-refractivity contribution >= 4 is 43.1 Å². The van der Waals surface area contributed by atoms with Crippen LogP contribution in [0.2, 0.25) is 5.02 Å². The third-order valence-corrected chi connectivity index (χ3v) is 6.85. The van der Waals surface area contributed by atoms with Gasteiger partial charge in [0.05, 0.1) is 15.8 Å². The second kappa shape index (κ2) is 5.83. The van der Waals surface area contributed by atoms with E-state index in [0.29, 0.717) is 11.4 Å². The van der Waals surface area contributed by atoms with Gasteiger partial charge in [-0.15, -0.1) is 0 Å². The monoisotopic (exact) mass is 380 g/mol. The van der Waals surface area contributed by atoms with Gasteiger partial charge in [-0.2, -0.15) is 0 Å². The lowest BCUT2D eigenvalue weighted by atomic mass is 9.96. The number of halogens is 2. The van der Waals surface area contributed by atoms with E-state index in [9.17, 15) is 8.42 Å². The van der Waals surface area contributed by atoms with Crippen LogP contribution in [0, 0.1) is 0 Å². The summed E-state index contributed by atoms with van der Waals surface area (Å²) in [5.74, 6) is 0. The van der Waals surface area contributed by atoms with Gasteiger partial charge in [0.25, 0.3) is 0 Å². The van der Waals surface area contributed by atoms with E-state index in [1.165, 1.54) is 6.26 Å². The molecule has 1 aromatic rings. The van der Waals surface area contributed by atoms with Gasteiger partial charge in [-0.05, 0) is 53.4 Å². The Hall–Kier alpha value is -0.300. The SMILES string of the molecule is CS(=O)(=O)C1CCCC1(CN)Nc1ccc(Br)c(Cl)c1. The fourth-order valence-corrected chi connectivity index (χ4v) is 5.07. The molecule has 1 fully saturated rings. The predicted octanol–water partition coefficient (Wildman–Crippen LogP) is 2.81. The molecule has 1 saturated carbocycles. The fourth-order valence-electron chi connectivity index (χ4n) is 2.95. The predicted molar refractivity (Wildman–Crippen MR) is 87.0 cm³/mol. The van der Waals surface area contributed by atoms with Crippen molar-refractivity contribution in [2.75, 3.05) is 18.1 Å². The van der Waals surface area contributed by atoms with Crippen molar-refractivity contribution in [2.45, 2.75) is 30.1 Å². The molecule has 0 aliphatic heterocycles. The maximum absolute atomic E-state index is 12.0. The minimum Gasteiger partial charge on any atom is -0.377 e. The standard InChI is InChI=1S/C13H18BrClN2O2S/c1-20(18,19)12-3-2-6-13(12,8-16)17-9-4-5-10(14)11(15)7-9/h4-5,7,12,17H,2-3,6,8,16H2,1H3. The van der Waals surface area contributed by atoms with Gasteiger partial charge in [0.1, 0.15) is 0 Å². The molecule has 0 saturated heterocycles. The molecule has 0 aromatic heterocycles. The van der Waals surface area contributed by atoms with Crippen molar-refractivity contribution in [3.8, 4) is 0 Å². The molecule has 0 bridgehead atoms. The van der Waals surface area contributed by atoms with Crippen molar-refractivity contribution in [1.82, 2.24) is 0 Å². The summed E-state index contributed by atoms with van der Waals surface area (Å²) in [7, 11) is -3.15. The molecule has 0 spiro atoms. The number of rotatable bonds is 4. The number of sulfone groups is 1. The Morgan fingerprint density at radius 1 is 1.55 bits per heavy atom. The minimum absolute atomic E-state index is 0.276.